The molecule has 0 aromatic heterocycles. The number of rotatable bonds is 5. The molecule has 0 aliphatic rings. The summed E-state index contributed by atoms with van der Waals surface area (Å²) in [4.78, 5) is 23.4. The van der Waals surface area contributed by atoms with E-state index in [0.717, 1.165) is 5.56 Å². The fraction of sp³-hybridized carbons (Fsp3) is 0.500. The van der Waals surface area contributed by atoms with Gasteiger partial charge in [0, 0.05) is 23.0 Å². The highest BCUT2D eigenvalue weighted by molar-refractivity contribution is 6.35. The molecule has 0 aliphatic heterocycles. The second kappa shape index (κ2) is 8.41. The minimum absolute atomic E-state index is 0.148. The number of ether oxygens (including phenoxy) is 1. The van der Waals surface area contributed by atoms with E-state index in [4.69, 9.17) is 27.9 Å². The molecule has 23 heavy (non-hydrogen) atoms. The molecule has 7 heteroatoms. The third kappa shape index (κ3) is 7.57. The van der Waals surface area contributed by atoms with Crippen LogP contribution in [0.5, 0.6) is 0 Å². The average molecular weight is 361 g/mol. The van der Waals surface area contributed by atoms with E-state index in [-0.39, 0.29) is 24.9 Å². The monoisotopic (exact) mass is 360 g/mol. The fourth-order valence-corrected chi connectivity index (χ4v) is 2.41. The van der Waals surface area contributed by atoms with Crippen molar-refractivity contribution in [3.05, 3.63) is 33.8 Å². The Labute approximate surface area is 146 Å². The largest absolute Gasteiger partial charge is 0.444 e. The van der Waals surface area contributed by atoms with E-state index in [1.165, 1.54) is 0 Å². The van der Waals surface area contributed by atoms with E-state index in [0.29, 0.717) is 10.0 Å². The summed E-state index contributed by atoms with van der Waals surface area (Å²) in [5.41, 5.74) is 0.219. The van der Waals surface area contributed by atoms with Gasteiger partial charge in [0.1, 0.15) is 5.60 Å². The van der Waals surface area contributed by atoms with Crippen molar-refractivity contribution in [2.24, 2.45) is 0 Å². The van der Waals surface area contributed by atoms with Crippen molar-refractivity contribution in [3.8, 4) is 0 Å². The average Bonchev–Trinajstić information content (AvgIpc) is 2.35. The minimum Gasteiger partial charge on any atom is -0.444 e. The van der Waals surface area contributed by atoms with Gasteiger partial charge in [0.15, 0.2) is 0 Å². The number of carbonyl (C=O) groups excluding carboxylic acids is 2. The lowest BCUT2D eigenvalue weighted by atomic mass is 10.1. The second-order valence-corrected chi connectivity index (χ2v) is 6.98. The van der Waals surface area contributed by atoms with Crippen LogP contribution >= 0.6 is 23.2 Å². The normalized spacial score (nSPS) is 12.4. The molecule has 2 amide bonds. The number of nitrogens with one attached hydrogen (secondary N) is 2. The number of hydrogen-bond acceptors (Lipinski definition) is 3. The number of amides is 2. The SMILES string of the molecule is C[C@H](NC(=O)CCNC(=O)OC(C)(C)C)c1ccc(Cl)cc1Cl. The first-order valence-electron chi connectivity index (χ1n) is 7.29. The Hall–Kier alpha value is -1.46. The molecule has 0 unspecified atom stereocenters. The molecule has 0 heterocycles. The maximum Gasteiger partial charge on any atom is 0.407 e. The van der Waals surface area contributed by atoms with E-state index < -0.39 is 11.7 Å². The van der Waals surface area contributed by atoms with Crippen molar-refractivity contribution in [1.29, 1.82) is 0 Å². The minimum atomic E-state index is -0.563. The molecule has 1 rings (SSSR count). The molecule has 0 fully saturated rings. The molecule has 128 valence electrons. The van der Waals surface area contributed by atoms with Crippen molar-refractivity contribution in [1.82, 2.24) is 10.6 Å². The van der Waals surface area contributed by atoms with E-state index in [2.05, 4.69) is 10.6 Å². The van der Waals surface area contributed by atoms with Crippen LogP contribution in [0.15, 0.2) is 18.2 Å². The van der Waals surface area contributed by atoms with Crippen LogP contribution in [0.3, 0.4) is 0 Å². The summed E-state index contributed by atoms with van der Waals surface area (Å²) in [6.45, 7) is 7.35. The van der Waals surface area contributed by atoms with Crippen LogP contribution in [-0.2, 0) is 9.53 Å². The summed E-state index contributed by atoms with van der Waals surface area (Å²) < 4.78 is 5.09. The Morgan fingerprint density at radius 2 is 1.91 bits per heavy atom. The summed E-state index contributed by atoms with van der Waals surface area (Å²) in [5.74, 6) is -0.195. The van der Waals surface area contributed by atoms with Crippen LogP contribution in [-0.4, -0.2) is 24.1 Å². The maximum atomic E-state index is 11.9. The number of halogens is 2. The Kier molecular flexibility index (Phi) is 7.16. The number of hydrogen-bond donors (Lipinski definition) is 2. The van der Waals surface area contributed by atoms with Gasteiger partial charge in [0.25, 0.3) is 0 Å². The first-order valence-corrected chi connectivity index (χ1v) is 8.05. The molecule has 0 saturated heterocycles. The second-order valence-electron chi connectivity index (χ2n) is 6.13. The van der Waals surface area contributed by atoms with Crippen molar-refractivity contribution < 1.29 is 14.3 Å². The Balaban J connectivity index is 2.40. The van der Waals surface area contributed by atoms with Crippen LogP contribution < -0.4 is 10.6 Å². The fourth-order valence-electron chi connectivity index (χ4n) is 1.84. The molecule has 0 spiro atoms. The van der Waals surface area contributed by atoms with Gasteiger partial charge >= 0.3 is 6.09 Å². The molecule has 1 aromatic rings. The molecule has 5 nitrogen and oxygen atoms in total. The third-order valence-corrected chi connectivity index (χ3v) is 3.39. The molecule has 0 aliphatic carbocycles. The zero-order chi connectivity index (χ0) is 17.6. The van der Waals surface area contributed by atoms with Crippen molar-refractivity contribution >= 4 is 35.2 Å². The van der Waals surface area contributed by atoms with Gasteiger partial charge in [0.05, 0.1) is 6.04 Å². The van der Waals surface area contributed by atoms with Gasteiger partial charge in [-0.15, -0.1) is 0 Å². The van der Waals surface area contributed by atoms with Gasteiger partial charge in [-0.05, 0) is 45.4 Å². The van der Waals surface area contributed by atoms with Crippen LogP contribution in [0, 0.1) is 0 Å². The predicted molar refractivity (Wildman–Crippen MR) is 91.9 cm³/mol. The molecule has 0 bridgehead atoms. The summed E-state index contributed by atoms with van der Waals surface area (Å²) >= 11 is 12.0. The van der Waals surface area contributed by atoms with Gasteiger partial charge < -0.3 is 15.4 Å². The van der Waals surface area contributed by atoms with E-state index in [1.807, 2.05) is 6.92 Å². The van der Waals surface area contributed by atoms with E-state index in [1.54, 1.807) is 39.0 Å². The van der Waals surface area contributed by atoms with Crippen molar-refractivity contribution in [2.75, 3.05) is 6.54 Å². The highest BCUT2D eigenvalue weighted by Crippen LogP contribution is 2.26. The summed E-state index contributed by atoms with van der Waals surface area (Å²) in [6, 6.07) is 4.86. The highest BCUT2D eigenvalue weighted by atomic mass is 35.5. The number of benzene rings is 1. The lowest BCUT2D eigenvalue weighted by Gasteiger charge is -2.20. The molecule has 0 saturated carbocycles. The van der Waals surface area contributed by atoms with Gasteiger partial charge in [0.2, 0.25) is 5.91 Å². The predicted octanol–water partition coefficient (Wildman–Crippen LogP) is 4.09. The quantitative estimate of drug-likeness (QED) is 0.830. The molecule has 0 radical (unpaired) electrons. The van der Waals surface area contributed by atoms with E-state index >= 15 is 0 Å². The number of carbonyl (C=O) groups is 2. The van der Waals surface area contributed by atoms with Crippen LogP contribution in [0.25, 0.3) is 0 Å². The van der Waals surface area contributed by atoms with Crippen molar-refractivity contribution in [2.45, 2.75) is 45.8 Å². The van der Waals surface area contributed by atoms with E-state index in [9.17, 15) is 9.59 Å². The standard InChI is InChI=1S/C16H22Cl2N2O3/c1-10(12-6-5-11(17)9-13(12)18)20-14(21)7-8-19-15(22)23-16(2,3)4/h5-6,9-10H,7-8H2,1-4H3,(H,19,22)(H,20,21)/t10-/m0/s1. The molecule has 1 aromatic carbocycles. The molecule has 1 atom stereocenters. The van der Waals surface area contributed by atoms with Crippen LogP contribution in [0.2, 0.25) is 10.0 Å². The Morgan fingerprint density at radius 1 is 1.26 bits per heavy atom. The van der Waals surface area contributed by atoms with Crippen molar-refractivity contribution in [3.63, 3.8) is 0 Å². The first-order chi connectivity index (χ1) is 10.6. The van der Waals surface area contributed by atoms with Crippen LogP contribution in [0.1, 0.15) is 45.7 Å². The van der Waals surface area contributed by atoms with Gasteiger partial charge in [-0.1, -0.05) is 29.3 Å². The lowest BCUT2D eigenvalue weighted by molar-refractivity contribution is -0.121. The third-order valence-electron chi connectivity index (χ3n) is 2.83. The topological polar surface area (TPSA) is 67.4 Å². The first kappa shape index (κ1) is 19.6. The Morgan fingerprint density at radius 3 is 2.48 bits per heavy atom. The highest BCUT2D eigenvalue weighted by Gasteiger charge is 2.16. The van der Waals surface area contributed by atoms with Gasteiger partial charge in [-0.3, -0.25) is 4.79 Å². The maximum absolute atomic E-state index is 11.9. The Bertz CT molecular complexity index is 571. The zero-order valence-corrected chi connectivity index (χ0v) is 15.2. The number of alkyl carbamates (subject to hydrolysis) is 1. The molecular weight excluding hydrogens is 339 g/mol. The van der Waals surface area contributed by atoms with Gasteiger partial charge in [-0.25, -0.2) is 4.79 Å². The summed E-state index contributed by atoms with van der Waals surface area (Å²) in [6.07, 6.45) is -0.395. The van der Waals surface area contributed by atoms with Crippen LogP contribution in [0.4, 0.5) is 4.79 Å². The molecule has 2 N–H and O–H groups in total. The lowest BCUT2D eigenvalue weighted by Crippen LogP contribution is -2.35. The zero-order valence-electron chi connectivity index (χ0n) is 13.7. The molecular formula is C16H22Cl2N2O3. The summed E-state index contributed by atoms with van der Waals surface area (Å²) in [7, 11) is 0. The summed E-state index contributed by atoms with van der Waals surface area (Å²) in [5, 5.41) is 6.39. The smallest absolute Gasteiger partial charge is 0.407 e. The van der Waals surface area contributed by atoms with Gasteiger partial charge in [-0.2, -0.15) is 0 Å².